The Hall–Kier alpha value is -1.56. The molecule has 0 spiro atoms. The third-order valence-electron chi connectivity index (χ3n) is 2.42. The van der Waals surface area contributed by atoms with Gasteiger partial charge in [0.1, 0.15) is 11.8 Å². The summed E-state index contributed by atoms with van der Waals surface area (Å²) in [6.07, 6.45) is 0.243. The van der Waals surface area contributed by atoms with Gasteiger partial charge in [-0.1, -0.05) is 25.1 Å². The Kier molecular flexibility index (Phi) is 5.15. The summed E-state index contributed by atoms with van der Waals surface area (Å²) in [5, 5.41) is 19.1. The smallest absolute Gasteiger partial charge is 0.274 e. The molecule has 1 rings (SSSR count). The molecular weight excluding hydrogens is 249 g/mol. The van der Waals surface area contributed by atoms with E-state index >= 15 is 0 Å². The molecular formula is C13H16NO3P. The van der Waals surface area contributed by atoms with E-state index in [0.717, 1.165) is 0 Å². The summed E-state index contributed by atoms with van der Waals surface area (Å²) >= 11 is 0. The maximum atomic E-state index is 12.9. The molecule has 1 aromatic carbocycles. The van der Waals surface area contributed by atoms with Crippen LogP contribution in [0.3, 0.4) is 0 Å². The van der Waals surface area contributed by atoms with Gasteiger partial charge in [0.15, 0.2) is 5.31 Å². The van der Waals surface area contributed by atoms with Crippen LogP contribution < -0.4 is 5.30 Å². The Morgan fingerprint density at radius 3 is 2.44 bits per heavy atom. The number of allylic oxidation sites excluding steroid dienone is 2. The average Bonchev–Trinajstić information content (AvgIpc) is 2.40. The van der Waals surface area contributed by atoms with Gasteiger partial charge in [-0.3, -0.25) is 4.57 Å². The zero-order valence-electron chi connectivity index (χ0n) is 10.5. The van der Waals surface area contributed by atoms with Crippen LogP contribution in [0.1, 0.15) is 20.3 Å². The highest BCUT2D eigenvalue weighted by Gasteiger charge is 2.33. The Morgan fingerprint density at radius 1 is 1.39 bits per heavy atom. The van der Waals surface area contributed by atoms with E-state index < -0.39 is 7.37 Å². The van der Waals surface area contributed by atoms with Crippen LogP contribution in [0.2, 0.25) is 0 Å². The first kappa shape index (κ1) is 14.5. The minimum absolute atomic E-state index is 0.168. The van der Waals surface area contributed by atoms with Crippen LogP contribution in [0.15, 0.2) is 41.4 Å². The van der Waals surface area contributed by atoms with Crippen molar-refractivity contribution in [1.82, 2.24) is 0 Å². The summed E-state index contributed by atoms with van der Waals surface area (Å²) in [5.74, 6) is -0.182. The predicted octanol–water partition coefficient (Wildman–Crippen LogP) is 3.33. The van der Waals surface area contributed by atoms with E-state index in [-0.39, 0.29) is 24.1 Å². The number of nitriles is 1. The van der Waals surface area contributed by atoms with Gasteiger partial charge in [-0.15, -0.1) is 0 Å². The Bertz CT molecular complexity index is 517. The van der Waals surface area contributed by atoms with Gasteiger partial charge < -0.3 is 9.63 Å². The lowest BCUT2D eigenvalue weighted by molar-refractivity contribution is 0.341. The minimum Gasteiger partial charge on any atom is -0.511 e. The molecule has 0 radical (unpaired) electrons. The van der Waals surface area contributed by atoms with E-state index in [1.807, 2.05) is 6.07 Å². The number of rotatable bonds is 5. The van der Waals surface area contributed by atoms with Crippen molar-refractivity contribution in [1.29, 1.82) is 5.26 Å². The molecule has 1 atom stereocenters. The number of nitrogens with zero attached hydrogens (tertiary/aromatic N) is 1. The van der Waals surface area contributed by atoms with Crippen molar-refractivity contribution >= 4 is 12.7 Å². The van der Waals surface area contributed by atoms with Crippen LogP contribution in [0.5, 0.6) is 0 Å². The van der Waals surface area contributed by atoms with Crippen LogP contribution in [0.4, 0.5) is 0 Å². The standard InChI is InChI=1S/C13H16NO3P/c1-3-12(15)13(10-14)18(16,17-4-2)11-8-6-5-7-9-11/h5-9,15H,3-4H2,1-2H3/b13-12+/t18-/m1/s1. The van der Waals surface area contributed by atoms with Gasteiger partial charge in [0, 0.05) is 11.7 Å². The summed E-state index contributed by atoms with van der Waals surface area (Å²) in [6.45, 7) is 3.59. The van der Waals surface area contributed by atoms with Crippen molar-refractivity contribution in [3.8, 4) is 6.07 Å². The van der Waals surface area contributed by atoms with E-state index in [1.165, 1.54) is 0 Å². The van der Waals surface area contributed by atoms with E-state index in [9.17, 15) is 9.67 Å². The van der Waals surface area contributed by atoms with Gasteiger partial charge in [0.05, 0.1) is 6.61 Å². The van der Waals surface area contributed by atoms with Crippen molar-refractivity contribution in [2.45, 2.75) is 20.3 Å². The summed E-state index contributed by atoms with van der Waals surface area (Å²) in [4.78, 5) is 0. The fraction of sp³-hybridized carbons (Fsp3) is 0.308. The molecule has 0 heterocycles. The zero-order valence-corrected chi connectivity index (χ0v) is 11.4. The molecule has 4 nitrogen and oxygen atoms in total. The predicted molar refractivity (Wildman–Crippen MR) is 70.9 cm³/mol. The van der Waals surface area contributed by atoms with Crippen LogP contribution in [0.25, 0.3) is 0 Å². The van der Waals surface area contributed by atoms with Crippen LogP contribution in [0, 0.1) is 11.3 Å². The molecule has 0 aliphatic rings. The molecule has 1 aromatic rings. The SMILES string of the molecule is CCO[P@@](=O)(/C(C#N)=C(/O)CC)c1ccccc1. The average molecular weight is 265 g/mol. The van der Waals surface area contributed by atoms with Crippen LogP contribution in [-0.4, -0.2) is 11.7 Å². The second-order valence-corrected chi connectivity index (χ2v) is 5.89. The van der Waals surface area contributed by atoms with Crippen LogP contribution >= 0.6 is 7.37 Å². The minimum atomic E-state index is -3.49. The molecule has 0 unspecified atom stereocenters. The summed E-state index contributed by atoms with van der Waals surface area (Å²) < 4.78 is 18.2. The normalized spacial score (nSPS) is 15.4. The van der Waals surface area contributed by atoms with Gasteiger partial charge in [0.2, 0.25) is 0 Å². The second kappa shape index (κ2) is 6.39. The molecule has 0 amide bonds. The van der Waals surface area contributed by atoms with Crippen molar-refractivity contribution in [3.63, 3.8) is 0 Å². The lowest BCUT2D eigenvalue weighted by Gasteiger charge is -2.18. The zero-order chi connectivity index (χ0) is 13.6. The summed E-state index contributed by atoms with van der Waals surface area (Å²) in [6, 6.07) is 10.3. The van der Waals surface area contributed by atoms with E-state index in [2.05, 4.69) is 0 Å². The first-order valence-corrected chi connectivity index (χ1v) is 7.35. The maximum absolute atomic E-state index is 12.9. The number of benzene rings is 1. The maximum Gasteiger partial charge on any atom is 0.274 e. The fourth-order valence-corrected chi connectivity index (χ4v) is 3.64. The van der Waals surface area contributed by atoms with Crippen molar-refractivity contribution in [2.75, 3.05) is 6.61 Å². The largest absolute Gasteiger partial charge is 0.511 e. The van der Waals surface area contributed by atoms with Crippen molar-refractivity contribution in [3.05, 3.63) is 41.4 Å². The highest BCUT2D eigenvalue weighted by atomic mass is 31.2. The fourth-order valence-electron chi connectivity index (χ4n) is 1.54. The van der Waals surface area contributed by atoms with Gasteiger partial charge in [-0.25, -0.2) is 0 Å². The molecule has 0 saturated carbocycles. The first-order chi connectivity index (χ1) is 8.60. The number of aliphatic hydroxyl groups is 1. The topological polar surface area (TPSA) is 70.3 Å². The van der Waals surface area contributed by atoms with Crippen molar-refractivity contribution in [2.24, 2.45) is 0 Å². The van der Waals surface area contributed by atoms with Crippen molar-refractivity contribution < 1.29 is 14.2 Å². The van der Waals surface area contributed by atoms with Gasteiger partial charge >= 0.3 is 0 Å². The van der Waals surface area contributed by atoms with Gasteiger partial charge in [0.25, 0.3) is 7.37 Å². The first-order valence-electron chi connectivity index (χ1n) is 5.73. The highest BCUT2D eigenvalue weighted by molar-refractivity contribution is 7.71. The molecule has 0 aromatic heterocycles. The quantitative estimate of drug-likeness (QED) is 0.503. The summed E-state index contributed by atoms with van der Waals surface area (Å²) in [7, 11) is -3.49. The Morgan fingerprint density at radius 2 is 2.00 bits per heavy atom. The molecule has 0 saturated heterocycles. The Labute approximate surface area is 107 Å². The summed E-state index contributed by atoms with van der Waals surface area (Å²) in [5.41, 5.74) is 0. The molecule has 0 aliphatic heterocycles. The van der Waals surface area contributed by atoms with Gasteiger partial charge in [-0.05, 0) is 19.1 Å². The monoisotopic (exact) mass is 265 g/mol. The highest BCUT2D eigenvalue weighted by Crippen LogP contribution is 2.54. The second-order valence-electron chi connectivity index (χ2n) is 3.57. The van der Waals surface area contributed by atoms with E-state index in [4.69, 9.17) is 9.79 Å². The molecule has 1 N–H and O–H groups in total. The third kappa shape index (κ3) is 2.81. The number of hydrogen-bond acceptors (Lipinski definition) is 4. The van der Waals surface area contributed by atoms with E-state index in [0.29, 0.717) is 5.30 Å². The Balaban J connectivity index is 3.43. The molecule has 0 bridgehead atoms. The molecule has 0 fully saturated rings. The lowest BCUT2D eigenvalue weighted by Crippen LogP contribution is -2.10. The molecule has 0 aliphatic carbocycles. The third-order valence-corrected chi connectivity index (χ3v) is 4.96. The molecule has 18 heavy (non-hydrogen) atoms. The number of hydrogen-bond donors (Lipinski definition) is 1. The van der Waals surface area contributed by atoms with E-state index in [1.54, 1.807) is 44.2 Å². The number of aliphatic hydroxyl groups excluding tert-OH is 1. The van der Waals surface area contributed by atoms with Crippen LogP contribution in [-0.2, 0) is 9.09 Å². The lowest BCUT2D eigenvalue weighted by atomic mass is 10.4. The van der Waals surface area contributed by atoms with Gasteiger partial charge in [-0.2, -0.15) is 5.26 Å². The molecule has 96 valence electrons. The molecule has 5 heteroatoms.